The molecule has 0 aliphatic heterocycles. The first kappa shape index (κ1) is 11.9. The summed E-state index contributed by atoms with van der Waals surface area (Å²) in [6.07, 6.45) is -0.264. The Morgan fingerprint density at radius 3 is 2.67 bits per heavy atom. The van der Waals surface area contributed by atoms with Gasteiger partial charge in [-0.2, -0.15) is 0 Å². The molecule has 0 spiro atoms. The zero-order valence-corrected chi connectivity index (χ0v) is 9.34. The van der Waals surface area contributed by atoms with Gasteiger partial charge in [-0.1, -0.05) is 6.07 Å². The molecule has 0 radical (unpaired) electrons. The predicted octanol–water partition coefficient (Wildman–Crippen LogP) is 1.09. The number of carbonyl (C=O) groups excluding carboxylic acids is 2. The van der Waals surface area contributed by atoms with Crippen LogP contribution in [0.1, 0.15) is 18.2 Å². The summed E-state index contributed by atoms with van der Waals surface area (Å²) >= 11 is 1.21. The highest BCUT2D eigenvalue weighted by Gasteiger charge is 2.41. The first-order chi connectivity index (χ1) is 7.00. The lowest BCUT2D eigenvalue weighted by atomic mass is 9.96. The van der Waals surface area contributed by atoms with E-state index in [0.717, 1.165) is 0 Å². The van der Waals surface area contributed by atoms with Crippen molar-refractivity contribution in [2.75, 3.05) is 7.11 Å². The first-order valence-electron chi connectivity index (χ1n) is 4.35. The monoisotopic (exact) mass is 228 g/mol. The first-order valence-corrected chi connectivity index (χ1v) is 5.23. The van der Waals surface area contributed by atoms with Crippen molar-refractivity contribution in [1.29, 1.82) is 0 Å². The molecule has 1 heterocycles. The van der Waals surface area contributed by atoms with E-state index in [-0.39, 0.29) is 12.2 Å². The maximum atomic E-state index is 11.4. The highest BCUT2D eigenvalue weighted by atomic mass is 32.1. The second-order valence-corrected chi connectivity index (χ2v) is 4.16. The summed E-state index contributed by atoms with van der Waals surface area (Å²) in [4.78, 5) is 22.9. The lowest BCUT2D eigenvalue weighted by Gasteiger charge is -2.22. The van der Waals surface area contributed by atoms with Gasteiger partial charge >= 0.3 is 5.97 Å². The zero-order valence-electron chi connectivity index (χ0n) is 8.52. The minimum atomic E-state index is -1.84. The van der Waals surface area contributed by atoms with Gasteiger partial charge in [0.25, 0.3) is 0 Å². The van der Waals surface area contributed by atoms with Crippen molar-refractivity contribution in [1.82, 2.24) is 0 Å². The standard InChI is InChI=1S/C10H12O4S/c1-7(11)6-10(13,9(12)14-2)8-4-3-5-15-8/h3-5,13H,6H2,1-2H3/t10-/m1/s1. The van der Waals surface area contributed by atoms with Crippen LogP contribution in [-0.2, 0) is 19.9 Å². The quantitative estimate of drug-likeness (QED) is 0.783. The lowest BCUT2D eigenvalue weighted by Crippen LogP contribution is -2.37. The molecule has 15 heavy (non-hydrogen) atoms. The fourth-order valence-electron chi connectivity index (χ4n) is 1.30. The van der Waals surface area contributed by atoms with E-state index in [1.807, 2.05) is 0 Å². The molecule has 82 valence electrons. The van der Waals surface area contributed by atoms with Crippen LogP contribution in [0.3, 0.4) is 0 Å². The number of hydrogen-bond acceptors (Lipinski definition) is 5. The van der Waals surface area contributed by atoms with Crippen LogP contribution in [0, 0.1) is 0 Å². The average Bonchev–Trinajstić information content (AvgIpc) is 2.68. The molecular formula is C10H12O4S. The van der Waals surface area contributed by atoms with Crippen molar-refractivity contribution < 1.29 is 19.4 Å². The zero-order chi connectivity index (χ0) is 11.5. The van der Waals surface area contributed by atoms with Gasteiger partial charge in [0.1, 0.15) is 5.78 Å². The summed E-state index contributed by atoms with van der Waals surface area (Å²) < 4.78 is 4.51. The van der Waals surface area contributed by atoms with E-state index in [1.165, 1.54) is 25.4 Å². The Hall–Kier alpha value is -1.20. The second-order valence-electron chi connectivity index (χ2n) is 3.21. The lowest BCUT2D eigenvalue weighted by molar-refractivity contribution is -0.165. The number of ether oxygens (including phenoxy) is 1. The molecule has 0 aromatic carbocycles. The highest BCUT2D eigenvalue weighted by Crippen LogP contribution is 2.30. The van der Waals surface area contributed by atoms with Crippen molar-refractivity contribution in [2.24, 2.45) is 0 Å². The third-order valence-corrected chi connectivity index (χ3v) is 2.98. The molecule has 1 aromatic heterocycles. The molecule has 5 heteroatoms. The fourth-order valence-corrected chi connectivity index (χ4v) is 2.11. The van der Waals surface area contributed by atoms with Crippen molar-refractivity contribution >= 4 is 23.1 Å². The Balaban J connectivity index is 3.06. The number of esters is 1. The van der Waals surface area contributed by atoms with Gasteiger partial charge in [0, 0.05) is 4.88 Å². The number of thiophene rings is 1. The molecule has 1 aromatic rings. The highest BCUT2D eigenvalue weighted by molar-refractivity contribution is 7.10. The molecular weight excluding hydrogens is 216 g/mol. The minimum absolute atomic E-state index is 0.264. The van der Waals surface area contributed by atoms with E-state index in [9.17, 15) is 14.7 Å². The van der Waals surface area contributed by atoms with Crippen LogP contribution in [0.4, 0.5) is 0 Å². The molecule has 1 N–H and O–H groups in total. The number of methoxy groups -OCH3 is 1. The molecule has 0 amide bonds. The fraction of sp³-hybridized carbons (Fsp3) is 0.400. The summed E-state index contributed by atoms with van der Waals surface area (Å²) in [6, 6.07) is 3.30. The van der Waals surface area contributed by atoms with Crippen LogP contribution in [0.25, 0.3) is 0 Å². The van der Waals surface area contributed by atoms with Crippen LogP contribution in [-0.4, -0.2) is 24.0 Å². The Bertz CT molecular complexity index is 358. The Morgan fingerprint density at radius 1 is 1.60 bits per heavy atom. The summed E-state index contributed by atoms with van der Waals surface area (Å²) in [5.74, 6) is -1.07. The normalized spacial score (nSPS) is 14.3. The minimum Gasteiger partial charge on any atom is -0.467 e. The maximum Gasteiger partial charge on any atom is 0.343 e. The molecule has 0 unspecified atom stereocenters. The molecule has 0 saturated carbocycles. The molecule has 0 aliphatic rings. The van der Waals surface area contributed by atoms with Gasteiger partial charge in [0.15, 0.2) is 0 Å². The van der Waals surface area contributed by atoms with Gasteiger partial charge in [0.05, 0.1) is 13.5 Å². The van der Waals surface area contributed by atoms with Gasteiger partial charge in [-0.3, -0.25) is 4.79 Å². The summed E-state index contributed by atoms with van der Waals surface area (Å²) in [7, 11) is 1.18. The Labute approximate surface area is 91.5 Å². The summed E-state index contributed by atoms with van der Waals surface area (Å²) in [5, 5.41) is 11.9. The smallest absolute Gasteiger partial charge is 0.343 e. The number of aliphatic hydroxyl groups is 1. The van der Waals surface area contributed by atoms with Crippen LogP contribution in [0.2, 0.25) is 0 Å². The molecule has 0 saturated heterocycles. The molecule has 0 aliphatic carbocycles. The van der Waals surface area contributed by atoms with Crippen molar-refractivity contribution in [2.45, 2.75) is 18.9 Å². The molecule has 4 nitrogen and oxygen atoms in total. The van der Waals surface area contributed by atoms with E-state index in [4.69, 9.17) is 0 Å². The van der Waals surface area contributed by atoms with E-state index >= 15 is 0 Å². The van der Waals surface area contributed by atoms with E-state index in [1.54, 1.807) is 17.5 Å². The van der Waals surface area contributed by atoms with Crippen molar-refractivity contribution in [3.63, 3.8) is 0 Å². The topological polar surface area (TPSA) is 63.6 Å². The second kappa shape index (κ2) is 4.55. The number of rotatable bonds is 4. The number of hydrogen-bond donors (Lipinski definition) is 1. The van der Waals surface area contributed by atoms with E-state index < -0.39 is 11.6 Å². The van der Waals surface area contributed by atoms with Crippen LogP contribution < -0.4 is 0 Å². The maximum absolute atomic E-state index is 11.4. The average molecular weight is 228 g/mol. The van der Waals surface area contributed by atoms with Gasteiger partial charge in [-0.25, -0.2) is 4.79 Å². The largest absolute Gasteiger partial charge is 0.467 e. The van der Waals surface area contributed by atoms with E-state index in [2.05, 4.69) is 4.74 Å². The van der Waals surface area contributed by atoms with Gasteiger partial charge in [0.2, 0.25) is 5.60 Å². The third kappa shape index (κ3) is 2.43. The predicted molar refractivity (Wildman–Crippen MR) is 55.5 cm³/mol. The summed E-state index contributed by atoms with van der Waals surface area (Å²) in [5.41, 5.74) is -1.84. The third-order valence-electron chi connectivity index (χ3n) is 1.96. The van der Waals surface area contributed by atoms with Gasteiger partial charge < -0.3 is 9.84 Å². The molecule has 0 bridgehead atoms. The van der Waals surface area contributed by atoms with Crippen molar-refractivity contribution in [3.05, 3.63) is 22.4 Å². The van der Waals surface area contributed by atoms with Crippen LogP contribution in [0.15, 0.2) is 17.5 Å². The van der Waals surface area contributed by atoms with Crippen LogP contribution >= 0.6 is 11.3 Å². The Kier molecular flexibility index (Phi) is 3.60. The van der Waals surface area contributed by atoms with Crippen LogP contribution in [0.5, 0.6) is 0 Å². The number of ketones is 1. The SMILES string of the molecule is COC(=O)[C@@](O)(CC(C)=O)c1cccs1. The van der Waals surface area contributed by atoms with Gasteiger partial charge in [-0.15, -0.1) is 11.3 Å². The molecule has 1 atom stereocenters. The van der Waals surface area contributed by atoms with Gasteiger partial charge in [-0.05, 0) is 18.4 Å². The number of carbonyl (C=O) groups is 2. The molecule has 0 fully saturated rings. The van der Waals surface area contributed by atoms with E-state index in [0.29, 0.717) is 4.88 Å². The molecule has 1 rings (SSSR count). The summed E-state index contributed by atoms with van der Waals surface area (Å²) in [6.45, 7) is 1.32. The Morgan fingerprint density at radius 2 is 2.27 bits per heavy atom. The number of Topliss-reactive ketones (excluding diaryl/α,β-unsaturated/α-hetero) is 1. The van der Waals surface area contributed by atoms with Crippen molar-refractivity contribution in [3.8, 4) is 0 Å².